The zero-order valence-electron chi connectivity index (χ0n) is 14.4. The first kappa shape index (κ1) is 25.1. The number of aromatic amines is 1. The number of nitrogens with one attached hydrogen (secondary N) is 1. The molecule has 1 aliphatic rings. The topological polar surface area (TPSA) is 210 Å². The van der Waals surface area contributed by atoms with E-state index >= 15 is 0 Å². The fraction of sp³-hybridized carbons (Fsp3) is 0.600. The molecule has 0 aliphatic carbocycles. The third-order valence-corrected chi connectivity index (χ3v) is 9.40. The molecule has 1 fully saturated rings. The van der Waals surface area contributed by atoms with E-state index in [2.05, 4.69) is 37.2 Å². The fourth-order valence-corrected chi connectivity index (χ4v) is 8.31. The average Bonchev–Trinajstić information content (AvgIpc) is 2.86. The molecule has 2 unspecified atom stereocenters. The molecule has 29 heavy (non-hydrogen) atoms. The van der Waals surface area contributed by atoms with Gasteiger partial charge in [-0.15, -0.1) is 0 Å². The molecule has 0 amide bonds. The Hall–Kier alpha value is -0.150. The van der Waals surface area contributed by atoms with Gasteiger partial charge in [0.2, 0.25) is 0 Å². The zero-order valence-corrected chi connectivity index (χ0v) is 18.7. The Morgan fingerprint density at radius 2 is 1.86 bits per heavy atom. The smallest absolute Gasteiger partial charge is 0.390 e. The molecule has 1 saturated heterocycles. The van der Waals surface area contributed by atoms with Gasteiger partial charge in [-0.3, -0.25) is 14.3 Å². The minimum atomic E-state index is -5.22. The van der Waals surface area contributed by atoms with Crippen molar-refractivity contribution in [3.63, 3.8) is 0 Å². The van der Waals surface area contributed by atoms with Crippen molar-refractivity contribution in [3.05, 3.63) is 32.6 Å². The van der Waals surface area contributed by atoms with Crippen LogP contribution in [0.25, 0.3) is 0 Å². The lowest BCUT2D eigenvalue weighted by Crippen LogP contribution is -2.33. The monoisotopic (exact) mass is 514 g/mol. The van der Waals surface area contributed by atoms with Gasteiger partial charge in [0.15, 0.2) is 0 Å². The van der Waals surface area contributed by atoms with Gasteiger partial charge in [0, 0.05) is 18.2 Å². The van der Waals surface area contributed by atoms with Crippen molar-refractivity contribution in [1.29, 1.82) is 0 Å². The van der Waals surface area contributed by atoms with Crippen LogP contribution >= 0.6 is 21.3 Å². The van der Waals surface area contributed by atoms with Gasteiger partial charge < -0.3 is 33.9 Å². The summed E-state index contributed by atoms with van der Waals surface area (Å²) in [5.41, 5.74) is -1.09. The summed E-state index contributed by atoms with van der Waals surface area (Å²) in [6.07, 6.45) is -2.04. The van der Waals surface area contributed by atoms with E-state index in [4.69, 9.17) is 19.0 Å². The Morgan fingerprint density at radius 1 is 1.24 bits per heavy atom. The van der Waals surface area contributed by atoms with Crippen LogP contribution in [-0.4, -0.2) is 53.0 Å². The molecule has 1 aromatic rings. The summed E-state index contributed by atoms with van der Waals surface area (Å²) in [5, 5.41) is 10.1. The van der Waals surface area contributed by atoms with Gasteiger partial charge >= 0.3 is 26.9 Å². The Morgan fingerprint density at radius 3 is 2.45 bits per heavy atom. The maximum absolute atomic E-state index is 11.9. The molecule has 14 nitrogen and oxygen atoms in total. The molecule has 166 valence electrons. The lowest BCUT2D eigenvalue weighted by Gasteiger charge is -2.23. The van der Waals surface area contributed by atoms with Crippen LogP contribution in [-0.2, 0) is 46.1 Å². The first-order valence-electron chi connectivity index (χ1n) is 7.52. The number of aromatic nitrogens is 2. The maximum atomic E-state index is 11.9. The molecule has 19 heteroatoms. The average molecular weight is 514 g/mol. The Labute approximate surface area is 172 Å². The second kappa shape index (κ2) is 9.15. The molecular formula is C10H17N2O12P3S2. The number of phosphoric acid groups is 1. The zero-order chi connectivity index (χ0) is 22.2. The van der Waals surface area contributed by atoms with Gasteiger partial charge in [-0.05, 0) is 30.5 Å². The fourth-order valence-electron chi connectivity index (χ4n) is 2.31. The summed E-state index contributed by atoms with van der Waals surface area (Å²) < 4.78 is 30.5. The number of aliphatic hydroxyl groups excluding tert-OH is 1. The van der Waals surface area contributed by atoms with Gasteiger partial charge in [-0.1, -0.05) is 0 Å². The van der Waals surface area contributed by atoms with E-state index in [1.165, 1.54) is 13.1 Å². The normalized spacial score (nSPS) is 26.8. The number of ether oxygens (including phenoxy) is 1. The van der Waals surface area contributed by atoms with Crippen LogP contribution in [0.3, 0.4) is 0 Å². The highest BCUT2D eigenvalue weighted by Gasteiger charge is 2.39. The van der Waals surface area contributed by atoms with Crippen LogP contribution in [0.4, 0.5) is 0 Å². The van der Waals surface area contributed by atoms with Gasteiger partial charge in [-0.25, -0.2) is 18.0 Å². The highest BCUT2D eigenvalue weighted by Crippen LogP contribution is 2.66. The number of hydrogen-bond acceptors (Lipinski definition) is 10. The predicted octanol–water partition coefficient (Wildman–Crippen LogP) is -0.930. The number of nitrogens with zero attached hydrogens (tertiary/aromatic N) is 1. The number of hydrogen-bond donors (Lipinski definition) is 6. The molecule has 0 bridgehead atoms. The van der Waals surface area contributed by atoms with E-state index in [-0.39, 0.29) is 12.0 Å². The van der Waals surface area contributed by atoms with Gasteiger partial charge in [0.1, 0.15) is 12.3 Å². The van der Waals surface area contributed by atoms with Crippen molar-refractivity contribution in [1.82, 2.24) is 9.55 Å². The molecule has 0 saturated carbocycles. The molecule has 5 atom stereocenters. The highest BCUT2D eigenvalue weighted by molar-refractivity contribution is 8.15. The predicted molar refractivity (Wildman–Crippen MR) is 104 cm³/mol. The quantitative estimate of drug-likeness (QED) is 0.232. The molecular weight excluding hydrogens is 497 g/mol. The number of aryl methyl sites for hydroxylation is 1. The van der Waals surface area contributed by atoms with Crippen LogP contribution < -0.4 is 11.2 Å². The highest BCUT2D eigenvalue weighted by atomic mass is 32.5. The number of aliphatic hydroxyl groups is 1. The molecule has 0 spiro atoms. The van der Waals surface area contributed by atoms with Crippen molar-refractivity contribution >= 4 is 44.9 Å². The second-order valence-electron chi connectivity index (χ2n) is 5.80. The summed E-state index contributed by atoms with van der Waals surface area (Å²) in [7, 11) is -5.22. The van der Waals surface area contributed by atoms with Crippen LogP contribution in [0, 0.1) is 6.92 Å². The molecule has 1 aliphatic heterocycles. The number of rotatable bonds is 8. The molecule has 0 aromatic carbocycles. The van der Waals surface area contributed by atoms with E-state index < -0.39 is 57.6 Å². The first-order chi connectivity index (χ1) is 13.1. The summed E-state index contributed by atoms with van der Waals surface area (Å²) >= 11 is 8.92. The summed E-state index contributed by atoms with van der Waals surface area (Å²) in [5.74, 6) is 0. The molecule has 2 rings (SSSR count). The lowest BCUT2D eigenvalue weighted by atomic mass is 10.2. The standard InChI is InChI=1S/C10H17N2O12P3S2/c1-5-3-12(10(15)11-9(5)14)8-2-6(13)7(22-8)4-21-26(19,28)24-27(20,29)23-25(16,17)18/h3,6-8,13H,2,4H2,1H3,(H,19,28)(H,20,29)(H,11,14,15)(H2,16,17,18)/t6-,7+,8+,26?,27?/m0/s1. The molecule has 1 aromatic heterocycles. The van der Waals surface area contributed by atoms with Gasteiger partial charge in [0.05, 0.1) is 12.7 Å². The Bertz CT molecular complexity index is 1020. The van der Waals surface area contributed by atoms with E-state index in [1.807, 2.05) is 0 Å². The lowest BCUT2D eigenvalue weighted by molar-refractivity contribution is -0.0426. The summed E-state index contributed by atoms with van der Waals surface area (Å²) in [4.78, 5) is 62.2. The van der Waals surface area contributed by atoms with Crippen LogP contribution in [0.5, 0.6) is 0 Å². The van der Waals surface area contributed by atoms with Crippen molar-refractivity contribution in [3.8, 4) is 0 Å². The third-order valence-electron chi connectivity index (χ3n) is 3.48. The third kappa shape index (κ3) is 7.49. The van der Waals surface area contributed by atoms with Crippen LogP contribution in [0.15, 0.2) is 15.8 Å². The molecule has 2 heterocycles. The van der Waals surface area contributed by atoms with E-state index in [1.54, 1.807) is 0 Å². The van der Waals surface area contributed by atoms with Crippen LogP contribution in [0.1, 0.15) is 18.2 Å². The Balaban J connectivity index is 2.03. The van der Waals surface area contributed by atoms with E-state index in [0.717, 1.165) is 4.57 Å². The van der Waals surface area contributed by atoms with Gasteiger partial charge in [0.25, 0.3) is 5.56 Å². The summed E-state index contributed by atoms with van der Waals surface area (Å²) in [6, 6.07) is 0. The summed E-state index contributed by atoms with van der Waals surface area (Å²) in [6.45, 7) is -8.08. The van der Waals surface area contributed by atoms with E-state index in [9.17, 15) is 29.0 Å². The molecule has 0 radical (unpaired) electrons. The first-order valence-corrected chi connectivity index (χ1v) is 14.2. The van der Waals surface area contributed by atoms with Crippen molar-refractivity contribution in [2.45, 2.75) is 31.8 Å². The largest absolute Gasteiger partial charge is 0.476 e. The minimum absolute atomic E-state index is 0.0616. The van der Waals surface area contributed by atoms with Crippen LogP contribution in [0.2, 0.25) is 0 Å². The van der Waals surface area contributed by atoms with Crippen molar-refractivity contribution < 1.29 is 47.1 Å². The maximum Gasteiger partial charge on any atom is 0.476 e. The van der Waals surface area contributed by atoms with Gasteiger partial charge in [-0.2, -0.15) is 0 Å². The second-order valence-corrected chi connectivity index (χ2v) is 13.0. The Kier molecular flexibility index (Phi) is 7.92. The SMILES string of the molecule is Cc1cn([C@H]2C[C@H](O)[C@@H](COP(O)(=S)OP(O)(=S)OP(=O)(O)O)O2)c(=O)[nH]c1=O. The van der Waals surface area contributed by atoms with Crippen molar-refractivity contribution in [2.75, 3.05) is 6.61 Å². The van der Waals surface area contributed by atoms with E-state index in [0.29, 0.717) is 0 Å². The minimum Gasteiger partial charge on any atom is -0.390 e. The number of H-pyrrole nitrogens is 1. The molecule has 6 N–H and O–H groups in total. The van der Waals surface area contributed by atoms with Crippen molar-refractivity contribution in [2.24, 2.45) is 0 Å².